The molecule has 1 unspecified atom stereocenters. The van der Waals surface area contributed by atoms with Crippen molar-refractivity contribution in [3.63, 3.8) is 0 Å². The Kier molecular flexibility index (Phi) is 5.39. The summed E-state index contributed by atoms with van der Waals surface area (Å²) < 4.78 is 16.2. The summed E-state index contributed by atoms with van der Waals surface area (Å²) in [6.07, 6.45) is 5.01. The topological polar surface area (TPSA) is 75.4 Å². The largest absolute Gasteiger partial charge is 0.481 e. The molecular weight excluding hydrogens is 373 g/mol. The number of aryl methyl sites for hydroxylation is 1. The molecule has 0 radical (unpaired) electrons. The zero-order valence-corrected chi connectivity index (χ0v) is 16.7. The minimum absolute atomic E-state index is 0.116. The van der Waals surface area contributed by atoms with Crippen molar-refractivity contribution in [2.75, 3.05) is 13.1 Å². The second-order valence-corrected chi connectivity index (χ2v) is 8.19. The molecule has 29 heavy (non-hydrogen) atoms. The van der Waals surface area contributed by atoms with Crippen LogP contribution in [0.25, 0.3) is 5.69 Å². The van der Waals surface area contributed by atoms with Gasteiger partial charge in [0.2, 0.25) is 0 Å². The Morgan fingerprint density at radius 3 is 2.86 bits per heavy atom. The minimum Gasteiger partial charge on any atom is -0.481 e. The van der Waals surface area contributed by atoms with Gasteiger partial charge in [-0.05, 0) is 69.1 Å². The maximum absolute atomic E-state index is 14.6. The summed E-state index contributed by atoms with van der Waals surface area (Å²) in [7, 11) is 0. The van der Waals surface area contributed by atoms with Crippen LogP contribution in [0.3, 0.4) is 0 Å². The predicted octanol–water partition coefficient (Wildman–Crippen LogP) is 3.53. The number of aromatic nitrogens is 2. The highest BCUT2D eigenvalue weighted by atomic mass is 19.1. The molecule has 0 saturated carbocycles. The fourth-order valence-electron chi connectivity index (χ4n) is 4.55. The number of halogens is 1. The van der Waals surface area contributed by atoms with E-state index in [-0.39, 0.29) is 24.1 Å². The number of nitrogens with zero attached hydrogens (tertiary/aromatic N) is 3. The van der Waals surface area contributed by atoms with Gasteiger partial charge in [0.25, 0.3) is 5.91 Å². The number of hydrogen-bond donors (Lipinski definition) is 1. The SMILES string of the molecule is Cc1ccc(-n2nc(C(=O)N3CCCC(CCC(=O)O)C3)c3c2CCC3)c(F)c1. The number of fused-ring (bicyclic) bond motifs is 1. The van der Waals surface area contributed by atoms with Crippen LogP contribution in [0.4, 0.5) is 4.39 Å². The number of piperidine rings is 1. The lowest BCUT2D eigenvalue weighted by Crippen LogP contribution is -2.40. The number of amides is 1. The van der Waals surface area contributed by atoms with E-state index < -0.39 is 5.97 Å². The Morgan fingerprint density at radius 1 is 1.28 bits per heavy atom. The summed E-state index contributed by atoms with van der Waals surface area (Å²) in [5, 5.41) is 13.5. The highest BCUT2D eigenvalue weighted by Crippen LogP contribution is 2.31. The number of carboxylic acid groups (broad SMARTS) is 1. The molecule has 1 amide bonds. The van der Waals surface area contributed by atoms with Crippen molar-refractivity contribution in [2.45, 2.75) is 51.9 Å². The molecule has 1 aromatic carbocycles. The van der Waals surface area contributed by atoms with Crippen LogP contribution < -0.4 is 0 Å². The van der Waals surface area contributed by atoms with Crippen LogP contribution in [-0.4, -0.2) is 44.8 Å². The lowest BCUT2D eigenvalue weighted by molar-refractivity contribution is -0.137. The molecule has 2 aromatic rings. The third-order valence-electron chi connectivity index (χ3n) is 6.04. The zero-order chi connectivity index (χ0) is 20.5. The van der Waals surface area contributed by atoms with Crippen molar-refractivity contribution >= 4 is 11.9 Å². The maximum Gasteiger partial charge on any atom is 0.303 e. The second-order valence-electron chi connectivity index (χ2n) is 8.19. The van der Waals surface area contributed by atoms with Crippen LogP contribution in [-0.2, 0) is 17.6 Å². The van der Waals surface area contributed by atoms with Crippen molar-refractivity contribution in [3.05, 3.63) is 46.5 Å². The van der Waals surface area contributed by atoms with E-state index in [4.69, 9.17) is 5.11 Å². The number of carbonyl (C=O) groups is 2. The average Bonchev–Trinajstić information content (AvgIpc) is 3.29. The summed E-state index contributed by atoms with van der Waals surface area (Å²) in [6.45, 7) is 3.06. The van der Waals surface area contributed by atoms with Gasteiger partial charge in [-0.1, -0.05) is 6.07 Å². The van der Waals surface area contributed by atoms with Crippen LogP contribution in [0.2, 0.25) is 0 Å². The Labute approximate surface area is 169 Å². The smallest absolute Gasteiger partial charge is 0.303 e. The van der Waals surface area contributed by atoms with Gasteiger partial charge in [-0.2, -0.15) is 5.10 Å². The van der Waals surface area contributed by atoms with E-state index in [0.29, 0.717) is 30.9 Å². The van der Waals surface area contributed by atoms with Gasteiger partial charge in [0.1, 0.15) is 11.5 Å². The van der Waals surface area contributed by atoms with E-state index in [9.17, 15) is 14.0 Å². The van der Waals surface area contributed by atoms with Crippen molar-refractivity contribution in [1.29, 1.82) is 0 Å². The third kappa shape index (κ3) is 3.91. The molecule has 0 bridgehead atoms. The van der Waals surface area contributed by atoms with E-state index >= 15 is 0 Å². The van der Waals surface area contributed by atoms with E-state index in [1.807, 2.05) is 13.0 Å². The van der Waals surface area contributed by atoms with Crippen LogP contribution >= 0.6 is 0 Å². The van der Waals surface area contributed by atoms with E-state index in [2.05, 4.69) is 5.10 Å². The van der Waals surface area contributed by atoms with Crippen LogP contribution in [0.1, 0.15) is 59.4 Å². The van der Waals surface area contributed by atoms with Crippen molar-refractivity contribution in [3.8, 4) is 5.69 Å². The Balaban J connectivity index is 1.60. The maximum atomic E-state index is 14.6. The molecule has 154 valence electrons. The molecule has 7 heteroatoms. The van der Waals surface area contributed by atoms with Crippen LogP contribution in [0.15, 0.2) is 18.2 Å². The summed E-state index contributed by atoms with van der Waals surface area (Å²) in [5.74, 6) is -1.05. The molecule has 1 N–H and O–H groups in total. The molecule has 6 nitrogen and oxygen atoms in total. The molecule has 1 aromatic heterocycles. The van der Waals surface area contributed by atoms with Gasteiger partial charge in [0.05, 0.1) is 0 Å². The van der Waals surface area contributed by atoms with Gasteiger partial charge in [-0.15, -0.1) is 0 Å². The Morgan fingerprint density at radius 2 is 2.10 bits per heavy atom. The minimum atomic E-state index is -0.801. The average molecular weight is 399 g/mol. The quantitative estimate of drug-likeness (QED) is 0.835. The molecule has 2 aliphatic rings. The molecular formula is C22H26FN3O3. The predicted molar refractivity (Wildman–Crippen MR) is 106 cm³/mol. The van der Waals surface area contributed by atoms with Crippen molar-refractivity contribution in [2.24, 2.45) is 5.92 Å². The van der Waals surface area contributed by atoms with Crippen LogP contribution in [0, 0.1) is 18.7 Å². The molecule has 1 fully saturated rings. The van der Waals surface area contributed by atoms with Gasteiger partial charge < -0.3 is 10.0 Å². The van der Waals surface area contributed by atoms with Gasteiger partial charge in [-0.25, -0.2) is 9.07 Å². The highest BCUT2D eigenvalue weighted by Gasteiger charge is 2.32. The van der Waals surface area contributed by atoms with Gasteiger partial charge in [-0.3, -0.25) is 9.59 Å². The number of rotatable bonds is 5. The van der Waals surface area contributed by atoms with Crippen LogP contribution in [0.5, 0.6) is 0 Å². The number of carboxylic acids is 1. The van der Waals surface area contributed by atoms with Crippen molar-refractivity contribution < 1.29 is 19.1 Å². The number of carbonyl (C=O) groups excluding carboxylic acids is 1. The summed E-state index contributed by atoms with van der Waals surface area (Å²) in [5.41, 5.74) is 3.51. The number of aliphatic carboxylic acids is 1. The zero-order valence-electron chi connectivity index (χ0n) is 16.7. The lowest BCUT2D eigenvalue weighted by atomic mass is 9.93. The fourth-order valence-corrected chi connectivity index (χ4v) is 4.55. The van der Waals surface area contributed by atoms with E-state index in [1.165, 1.54) is 6.07 Å². The Bertz CT molecular complexity index is 953. The summed E-state index contributed by atoms with van der Waals surface area (Å²) >= 11 is 0. The first kappa shape index (κ1) is 19.6. The highest BCUT2D eigenvalue weighted by molar-refractivity contribution is 5.94. The monoisotopic (exact) mass is 399 g/mol. The molecule has 4 rings (SSSR count). The van der Waals surface area contributed by atoms with E-state index in [1.54, 1.807) is 15.6 Å². The summed E-state index contributed by atoms with van der Waals surface area (Å²) in [6, 6.07) is 5.05. The molecule has 0 spiro atoms. The standard InChI is InChI=1S/C22H26FN3O3/c1-14-7-9-19(17(23)12-14)26-18-6-2-5-16(18)21(24-26)22(29)25-11-3-4-15(13-25)8-10-20(27)28/h7,9,12,15H,2-6,8,10-11,13H2,1H3,(H,27,28). The van der Waals surface area contributed by atoms with Gasteiger partial charge in [0, 0.05) is 30.8 Å². The summed E-state index contributed by atoms with van der Waals surface area (Å²) in [4.78, 5) is 25.9. The normalized spacial score (nSPS) is 18.7. The molecule has 1 aliphatic heterocycles. The Hall–Kier alpha value is -2.70. The first-order valence-corrected chi connectivity index (χ1v) is 10.3. The number of benzene rings is 1. The molecule has 1 atom stereocenters. The van der Waals surface area contributed by atoms with Crippen molar-refractivity contribution in [1.82, 2.24) is 14.7 Å². The number of likely N-dealkylation sites (tertiary alicyclic amines) is 1. The van der Waals surface area contributed by atoms with E-state index in [0.717, 1.165) is 48.9 Å². The fraction of sp³-hybridized carbons (Fsp3) is 0.500. The molecule has 1 saturated heterocycles. The molecule has 2 heterocycles. The third-order valence-corrected chi connectivity index (χ3v) is 6.04. The molecule has 1 aliphatic carbocycles. The second kappa shape index (κ2) is 7.97. The lowest BCUT2D eigenvalue weighted by Gasteiger charge is -2.32. The first-order valence-electron chi connectivity index (χ1n) is 10.3. The van der Waals surface area contributed by atoms with Gasteiger partial charge in [0.15, 0.2) is 5.69 Å². The first-order chi connectivity index (χ1) is 13.9. The number of hydrogen-bond acceptors (Lipinski definition) is 3. The van der Waals surface area contributed by atoms with Gasteiger partial charge >= 0.3 is 5.97 Å².